The summed E-state index contributed by atoms with van der Waals surface area (Å²) in [6.45, 7) is 3.04. The molecule has 19 heavy (non-hydrogen) atoms. The summed E-state index contributed by atoms with van der Waals surface area (Å²) < 4.78 is 1.84. The van der Waals surface area contributed by atoms with Gasteiger partial charge < -0.3 is 5.73 Å². The van der Waals surface area contributed by atoms with Crippen LogP contribution in [0.15, 0.2) is 29.2 Å². The maximum atomic E-state index is 6.31. The van der Waals surface area contributed by atoms with Gasteiger partial charge in [-0.15, -0.1) is 0 Å². The van der Waals surface area contributed by atoms with Gasteiger partial charge in [-0.25, -0.2) is 0 Å². The predicted octanol–water partition coefficient (Wildman–Crippen LogP) is 2.39. The molecule has 5 heteroatoms. The molecule has 0 amide bonds. The number of aromatic nitrogens is 2. The van der Waals surface area contributed by atoms with E-state index in [1.54, 1.807) is 11.3 Å². The van der Waals surface area contributed by atoms with Crippen molar-refractivity contribution in [1.29, 1.82) is 0 Å². The van der Waals surface area contributed by atoms with Crippen LogP contribution in [0, 0.1) is 0 Å². The Kier molecular flexibility index (Phi) is 4.74. The van der Waals surface area contributed by atoms with Crippen LogP contribution in [0.25, 0.3) is 0 Å². The summed E-state index contributed by atoms with van der Waals surface area (Å²) in [5.41, 5.74) is 8.84. The lowest BCUT2D eigenvalue weighted by molar-refractivity contribution is 0.202. The maximum absolute atomic E-state index is 6.31. The highest BCUT2D eigenvalue weighted by Gasteiger charge is 2.24. The number of rotatable bonds is 6. The summed E-state index contributed by atoms with van der Waals surface area (Å²) in [7, 11) is 4.07. The molecular formula is C14H22N4S. The van der Waals surface area contributed by atoms with Crippen LogP contribution in [-0.2, 0) is 13.6 Å². The number of nitrogens with zero attached hydrogens (tertiary/aromatic N) is 3. The van der Waals surface area contributed by atoms with Crippen molar-refractivity contribution in [2.24, 2.45) is 12.8 Å². The minimum absolute atomic E-state index is 0.118. The minimum atomic E-state index is 0.118. The van der Waals surface area contributed by atoms with E-state index in [4.69, 9.17) is 5.73 Å². The summed E-state index contributed by atoms with van der Waals surface area (Å²) in [6, 6.07) is 2.49. The molecule has 2 atom stereocenters. The van der Waals surface area contributed by atoms with Gasteiger partial charge in [0.2, 0.25) is 0 Å². The van der Waals surface area contributed by atoms with E-state index in [1.165, 1.54) is 11.1 Å². The van der Waals surface area contributed by atoms with Crippen LogP contribution in [0.1, 0.15) is 30.5 Å². The lowest BCUT2D eigenvalue weighted by Crippen LogP contribution is -2.38. The molecule has 2 N–H and O–H groups in total. The van der Waals surface area contributed by atoms with Crippen molar-refractivity contribution in [3.63, 3.8) is 0 Å². The smallest absolute Gasteiger partial charge is 0.0538 e. The van der Waals surface area contributed by atoms with E-state index in [2.05, 4.69) is 47.0 Å². The lowest BCUT2D eigenvalue weighted by Gasteiger charge is -2.31. The summed E-state index contributed by atoms with van der Waals surface area (Å²) in [5.74, 6) is 0. The van der Waals surface area contributed by atoms with Crippen molar-refractivity contribution in [3.05, 3.63) is 40.3 Å². The zero-order chi connectivity index (χ0) is 13.8. The molecule has 2 heterocycles. The highest BCUT2D eigenvalue weighted by molar-refractivity contribution is 7.07. The number of hydrogen-bond acceptors (Lipinski definition) is 4. The first-order chi connectivity index (χ1) is 9.11. The Morgan fingerprint density at radius 3 is 2.84 bits per heavy atom. The van der Waals surface area contributed by atoms with Gasteiger partial charge >= 0.3 is 0 Å². The number of hydrogen-bond donors (Lipinski definition) is 1. The van der Waals surface area contributed by atoms with Crippen molar-refractivity contribution in [2.45, 2.75) is 32.0 Å². The first-order valence-electron chi connectivity index (χ1n) is 6.57. The molecule has 0 aromatic carbocycles. The Bertz CT molecular complexity index is 491. The molecule has 2 aromatic heterocycles. The van der Waals surface area contributed by atoms with Crippen molar-refractivity contribution in [1.82, 2.24) is 14.7 Å². The predicted molar refractivity (Wildman–Crippen MR) is 80.0 cm³/mol. The second-order valence-electron chi connectivity index (χ2n) is 5.01. The third-order valence-electron chi connectivity index (χ3n) is 3.43. The fourth-order valence-electron chi connectivity index (χ4n) is 2.41. The topological polar surface area (TPSA) is 47.1 Å². The average Bonchev–Trinajstić information content (AvgIpc) is 3.01. The molecule has 2 unspecified atom stereocenters. The molecule has 2 rings (SSSR count). The molecule has 0 bridgehead atoms. The summed E-state index contributed by atoms with van der Waals surface area (Å²) in [4.78, 5) is 2.31. The molecule has 4 nitrogen and oxygen atoms in total. The lowest BCUT2D eigenvalue weighted by atomic mass is 9.99. The molecule has 104 valence electrons. The Labute approximate surface area is 118 Å². The normalized spacial score (nSPS) is 14.8. The maximum Gasteiger partial charge on any atom is 0.0538 e. The van der Waals surface area contributed by atoms with Crippen LogP contribution in [0.3, 0.4) is 0 Å². The van der Waals surface area contributed by atoms with Crippen LogP contribution < -0.4 is 5.73 Å². The van der Waals surface area contributed by atoms with Gasteiger partial charge in [-0.2, -0.15) is 16.4 Å². The van der Waals surface area contributed by atoms with Crippen molar-refractivity contribution >= 4 is 11.3 Å². The van der Waals surface area contributed by atoms with Gasteiger partial charge in [0, 0.05) is 31.4 Å². The Balaban J connectivity index is 2.17. The zero-order valence-electron chi connectivity index (χ0n) is 11.8. The van der Waals surface area contributed by atoms with Crippen LogP contribution in [0.2, 0.25) is 0 Å². The monoisotopic (exact) mass is 278 g/mol. The van der Waals surface area contributed by atoms with Crippen LogP contribution in [0.4, 0.5) is 0 Å². The molecular weight excluding hydrogens is 256 g/mol. The van der Waals surface area contributed by atoms with Gasteiger partial charge in [0.05, 0.1) is 12.2 Å². The number of likely N-dealkylation sites (N-methyl/N-ethyl adjacent to an activating group) is 1. The van der Waals surface area contributed by atoms with E-state index < -0.39 is 0 Å². The number of nitrogens with two attached hydrogens (primary N) is 1. The van der Waals surface area contributed by atoms with Gasteiger partial charge in [-0.3, -0.25) is 9.58 Å². The largest absolute Gasteiger partial charge is 0.326 e. The molecule has 0 radical (unpaired) electrons. The first-order valence-corrected chi connectivity index (χ1v) is 7.51. The van der Waals surface area contributed by atoms with Crippen molar-refractivity contribution < 1.29 is 0 Å². The van der Waals surface area contributed by atoms with Gasteiger partial charge in [0.25, 0.3) is 0 Å². The van der Waals surface area contributed by atoms with E-state index in [9.17, 15) is 0 Å². The molecule has 0 spiro atoms. The van der Waals surface area contributed by atoms with Crippen LogP contribution in [0.5, 0.6) is 0 Å². The standard InChI is InChI=1S/C14H22N4S/c1-4-13(15)14(12-7-16-18(3)9-12)17(2)8-11-5-6-19-10-11/h5-7,9-10,13-14H,4,8,15H2,1-3H3. The van der Waals surface area contributed by atoms with Gasteiger partial charge in [0.15, 0.2) is 0 Å². The second kappa shape index (κ2) is 6.32. The fraction of sp³-hybridized carbons (Fsp3) is 0.500. The summed E-state index contributed by atoms with van der Waals surface area (Å²) in [5, 5.41) is 8.57. The van der Waals surface area contributed by atoms with Gasteiger partial charge in [0.1, 0.15) is 0 Å². The summed E-state index contributed by atoms with van der Waals surface area (Å²) >= 11 is 1.73. The molecule has 0 aliphatic rings. The molecule has 0 saturated heterocycles. The molecule has 0 saturated carbocycles. The Morgan fingerprint density at radius 2 is 2.32 bits per heavy atom. The number of thiophene rings is 1. The second-order valence-corrected chi connectivity index (χ2v) is 5.79. The van der Waals surface area contributed by atoms with E-state index >= 15 is 0 Å². The minimum Gasteiger partial charge on any atom is -0.326 e. The van der Waals surface area contributed by atoms with Crippen molar-refractivity contribution in [3.8, 4) is 0 Å². The summed E-state index contributed by atoms with van der Waals surface area (Å²) in [6.07, 6.45) is 4.93. The fourth-order valence-corrected chi connectivity index (χ4v) is 3.07. The highest BCUT2D eigenvalue weighted by Crippen LogP contribution is 2.25. The average molecular weight is 278 g/mol. The quantitative estimate of drug-likeness (QED) is 0.882. The molecule has 0 aliphatic heterocycles. The SMILES string of the molecule is CCC(N)C(c1cnn(C)c1)N(C)Cc1ccsc1. The van der Waals surface area contributed by atoms with Crippen LogP contribution >= 0.6 is 11.3 Å². The van der Waals surface area contributed by atoms with Gasteiger partial charge in [-0.05, 0) is 35.9 Å². The molecule has 0 fully saturated rings. The number of aryl methyl sites for hydroxylation is 1. The van der Waals surface area contributed by atoms with E-state index in [0.717, 1.165) is 13.0 Å². The Hall–Kier alpha value is -1.17. The zero-order valence-corrected chi connectivity index (χ0v) is 12.6. The Morgan fingerprint density at radius 1 is 1.53 bits per heavy atom. The molecule has 0 aliphatic carbocycles. The molecule has 2 aromatic rings. The van der Waals surface area contributed by atoms with Crippen LogP contribution in [-0.4, -0.2) is 27.8 Å². The first kappa shape index (κ1) is 14.2. The highest BCUT2D eigenvalue weighted by atomic mass is 32.1. The van der Waals surface area contributed by atoms with Gasteiger partial charge in [-0.1, -0.05) is 6.92 Å². The van der Waals surface area contributed by atoms with E-state index in [0.29, 0.717) is 0 Å². The third kappa shape index (κ3) is 3.43. The van der Waals surface area contributed by atoms with Crippen molar-refractivity contribution in [2.75, 3.05) is 7.05 Å². The van der Waals surface area contributed by atoms with E-state index in [1.807, 2.05) is 17.9 Å². The third-order valence-corrected chi connectivity index (χ3v) is 4.16. The van der Waals surface area contributed by atoms with E-state index in [-0.39, 0.29) is 12.1 Å².